The van der Waals surface area contributed by atoms with E-state index >= 15 is 0 Å². The molecule has 0 aromatic rings. The van der Waals surface area contributed by atoms with Gasteiger partial charge in [0, 0.05) is 25.7 Å². The molecule has 3 N–H and O–H groups in total. The molecular formula is C81H156O17P2. The highest BCUT2D eigenvalue weighted by atomic mass is 31.2. The first-order chi connectivity index (χ1) is 48.7. The van der Waals surface area contributed by atoms with Crippen molar-refractivity contribution in [3.63, 3.8) is 0 Å². The SMILES string of the molecule is CCCCCCCC/C=C\CCCCCCCC(=O)O[C@H](COC(=O)CCCCCCCCCCCCCCCCC)COP(=O)(O)OC[C@@H](O)COP(=O)(O)OC[C@@H](COC(=O)CCCCCCCCCCCCCCCCC)OC(=O)CCCCCCCCCCCCCCCCC. The van der Waals surface area contributed by atoms with Gasteiger partial charge in [-0.3, -0.25) is 37.3 Å². The third-order valence-corrected chi connectivity index (χ3v) is 20.7. The van der Waals surface area contributed by atoms with Gasteiger partial charge in [-0.05, 0) is 51.4 Å². The second-order valence-corrected chi connectivity index (χ2v) is 31.7. The van der Waals surface area contributed by atoms with Gasteiger partial charge in [0.2, 0.25) is 0 Å². The van der Waals surface area contributed by atoms with Crippen LogP contribution in [-0.4, -0.2) is 96.7 Å². The van der Waals surface area contributed by atoms with Gasteiger partial charge in [-0.25, -0.2) is 9.13 Å². The topological polar surface area (TPSA) is 237 Å². The number of aliphatic hydroxyl groups excluding tert-OH is 1. The van der Waals surface area contributed by atoms with Gasteiger partial charge in [-0.15, -0.1) is 0 Å². The van der Waals surface area contributed by atoms with Crippen LogP contribution in [0.3, 0.4) is 0 Å². The van der Waals surface area contributed by atoms with Crippen LogP contribution in [0.15, 0.2) is 12.2 Å². The predicted molar refractivity (Wildman–Crippen MR) is 409 cm³/mol. The molecule has 0 aliphatic heterocycles. The monoisotopic (exact) mass is 1460 g/mol. The van der Waals surface area contributed by atoms with Crippen LogP contribution in [0.4, 0.5) is 0 Å². The number of aliphatic hydroxyl groups is 1. The maximum Gasteiger partial charge on any atom is 0.472 e. The van der Waals surface area contributed by atoms with Crippen molar-refractivity contribution in [3.8, 4) is 0 Å². The van der Waals surface area contributed by atoms with Crippen LogP contribution in [0, 0.1) is 0 Å². The van der Waals surface area contributed by atoms with E-state index in [1.165, 1.54) is 244 Å². The van der Waals surface area contributed by atoms with Crippen molar-refractivity contribution < 1.29 is 80.2 Å². The standard InChI is InChI=1S/C81H156O17P2/c1-5-9-13-17-21-25-29-33-37-41-45-49-53-57-61-65-78(83)91-71-76(97-80(85)67-63-59-55-51-47-43-39-35-31-27-23-19-15-11-7-3)73-95-99(87,88)93-69-75(82)70-94-100(89,90)96-74-77(98-81(86)68-64-60-56-52-48-44-40-36-32-28-24-20-16-12-8-4)72-92-79(84)66-62-58-54-50-46-42-38-34-30-26-22-18-14-10-6-2/h35,39,75-77,82H,5-34,36-38,40-74H2,1-4H3,(H,87,88)(H,89,90)/b39-35-/t75-,76-,77-/m1/s1. The molecule has 0 aliphatic rings. The fraction of sp³-hybridized carbons (Fsp3) is 0.926. The van der Waals surface area contributed by atoms with Gasteiger partial charge in [0.15, 0.2) is 12.2 Å². The molecule has 5 atom stereocenters. The van der Waals surface area contributed by atoms with Gasteiger partial charge in [0.05, 0.1) is 26.4 Å². The van der Waals surface area contributed by atoms with Gasteiger partial charge in [-0.1, -0.05) is 361 Å². The van der Waals surface area contributed by atoms with E-state index in [0.717, 1.165) is 103 Å². The maximum absolute atomic E-state index is 13.1. The number of phosphoric acid groups is 2. The number of carbonyl (C=O) groups excluding carboxylic acids is 4. The molecule has 0 radical (unpaired) electrons. The summed E-state index contributed by atoms with van der Waals surface area (Å²) in [7, 11) is -9.93. The zero-order valence-electron chi connectivity index (χ0n) is 64.9. The van der Waals surface area contributed by atoms with Gasteiger partial charge in [-0.2, -0.15) is 0 Å². The molecule has 0 heterocycles. The van der Waals surface area contributed by atoms with E-state index in [1.807, 2.05) is 0 Å². The Bertz CT molecular complexity index is 1940. The highest BCUT2D eigenvalue weighted by Crippen LogP contribution is 2.45. The van der Waals surface area contributed by atoms with Crippen LogP contribution in [0.2, 0.25) is 0 Å². The molecule has 19 heteroatoms. The molecule has 0 rings (SSSR count). The number of unbranched alkanes of at least 4 members (excludes halogenated alkanes) is 53. The van der Waals surface area contributed by atoms with E-state index in [0.29, 0.717) is 25.7 Å². The van der Waals surface area contributed by atoms with Crippen molar-refractivity contribution in [2.45, 2.75) is 444 Å². The molecule has 0 aliphatic carbocycles. The van der Waals surface area contributed by atoms with Crippen LogP contribution in [-0.2, 0) is 65.4 Å². The molecule has 0 saturated carbocycles. The lowest BCUT2D eigenvalue weighted by Crippen LogP contribution is -2.30. The summed E-state index contributed by atoms with van der Waals surface area (Å²) in [6.45, 7) is 5.01. The summed E-state index contributed by atoms with van der Waals surface area (Å²) in [6, 6.07) is 0. The highest BCUT2D eigenvalue weighted by molar-refractivity contribution is 7.47. The molecule has 592 valence electrons. The number of phosphoric ester groups is 2. The lowest BCUT2D eigenvalue weighted by Gasteiger charge is -2.21. The van der Waals surface area contributed by atoms with E-state index in [9.17, 15) is 43.2 Å². The van der Waals surface area contributed by atoms with Gasteiger partial charge in [0.1, 0.15) is 19.3 Å². The Balaban J connectivity index is 5.29. The summed E-state index contributed by atoms with van der Waals surface area (Å²) in [4.78, 5) is 73.1. The predicted octanol–water partition coefficient (Wildman–Crippen LogP) is 24.3. The Morgan fingerprint density at radius 2 is 0.460 bits per heavy atom. The number of allylic oxidation sites excluding steroid dienone is 2. The average molecular weight is 1460 g/mol. The normalized spacial score (nSPS) is 13.9. The zero-order valence-corrected chi connectivity index (χ0v) is 66.7. The fourth-order valence-corrected chi connectivity index (χ4v) is 13.9. The number of rotatable bonds is 81. The van der Waals surface area contributed by atoms with Crippen LogP contribution in [0.25, 0.3) is 0 Å². The summed E-state index contributed by atoms with van der Waals surface area (Å²) < 4.78 is 68.7. The molecule has 17 nitrogen and oxygen atoms in total. The molecular weight excluding hydrogens is 1310 g/mol. The first kappa shape index (κ1) is 97.8. The number of ether oxygens (including phenoxy) is 4. The second-order valence-electron chi connectivity index (χ2n) is 28.8. The van der Waals surface area contributed by atoms with Crippen LogP contribution < -0.4 is 0 Å². The molecule has 0 spiro atoms. The minimum absolute atomic E-state index is 0.0953. The Kier molecular flexibility index (Phi) is 73.4. The lowest BCUT2D eigenvalue weighted by atomic mass is 10.0. The Hall–Kier alpha value is -2.20. The number of hydrogen-bond acceptors (Lipinski definition) is 15. The third-order valence-electron chi connectivity index (χ3n) is 18.8. The minimum atomic E-state index is -4.96. The maximum atomic E-state index is 13.1. The molecule has 100 heavy (non-hydrogen) atoms. The van der Waals surface area contributed by atoms with E-state index in [4.69, 9.17) is 37.0 Å². The number of esters is 4. The van der Waals surface area contributed by atoms with Crippen LogP contribution >= 0.6 is 15.6 Å². The lowest BCUT2D eigenvalue weighted by molar-refractivity contribution is -0.161. The van der Waals surface area contributed by atoms with Gasteiger partial charge >= 0.3 is 39.5 Å². The molecule has 0 aromatic heterocycles. The Morgan fingerprint density at radius 3 is 0.690 bits per heavy atom. The first-order valence-electron chi connectivity index (χ1n) is 41.9. The number of hydrogen-bond donors (Lipinski definition) is 3. The summed E-state index contributed by atoms with van der Waals surface area (Å²) in [6.07, 6.45) is 68.8. The van der Waals surface area contributed by atoms with Gasteiger partial charge in [0.25, 0.3) is 0 Å². The van der Waals surface area contributed by atoms with Crippen molar-refractivity contribution in [3.05, 3.63) is 12.2 Å². The molecule has 2 unspecified atom stereocenters. The average Bonchev–Trinajstić information content (AvgIpc) is 1.25. The van der Waals surface area contributed by atoms with Crippen LogP contribution in [0.5, 0.6) is 0 Å². The molecule has 0 fully saturated rings. The van der Waals surface area contributed by atoms with Crippen molar-refractivity contribution in [1.82, 2.24) is 0 Å². The Morgan fingerprint density at radius 1 is 0.270 bits per heavy atom. The minimum Gasteiger partial charge on any atom is -0.462 e. The summed E-state index contributed by atoms with van der Waals surface area (Å²) in [5, 5.41) is 10.6. The third kappa shape index (κ3) is 74.1. The van der Waals surface area contributed by atoms with Gasteiger partial charge < -0.3 is 33.8 Å². The van der Waals surface area contributed by atoms with Crippen molar-refractivity contribution in [2.75, 3.05) is 39.6 Å². The molecule has 0 saturated heterocycles. The summed E-state index contributed by atoms with van der Waals surface area (Å²) >= 11 is 0. The number of carbonyl (C=O) groups is 4. The van der Waals surface area contributed by atoms with Crippen LogP contribution in [0.1, 0.15) is 426 Å². The van der Waals surface area contributed by atoms with E-state index in [1.54, 1.807) is 0 Å². The Labute approximate surface area is 612 Å². The van der Waals surface area contributed by atoms with E-state index < -0.39 is 97.5 Å². The molecule has 0 aromatic carbocycles. The largest absolute Gasteiger partial charge is 0.472 e. The summed E-state index contributed by atoms with van der Waals surface area (Å²) in [5.41, 5.74) is 0. The highest BCUT2D eigenvalue weighted by Gasteiger charge is 2.30. The molecule has 0 amide bonds. The first-order valence-corrected chi connectivity index (χ1v) is 44.9. The fourth-order valence-electron chi connectivity index (χ4n) is 12.3. The van der Waals surface area contributed by atoms with E-state index in [-0.39, 0.29) is 25.7 Å². The van der Waals surface area contributed by atoms with Crippen molar-refractivity contribution in [2.24, 2.45) is 0 Å². The van der Waals surface area contributed by atoms with Crippen molar-refractivity contribution in [1.29, 1.82) is 0 Å². The summed E-state index contributed by atoms with van der Waals surface area (Å²) in [5.74, 6) is -2.12. The zero-order chi connectivity index (χ0) is 73.2. The molecule has 0 bridgehead atoms. The van der Waals surface area contributed by atoms with Crippen molar-refractivity contribution >= 4 is 39.5 Å². The smallest absolute Gasteiger partial charge is 0.462 e. The van der Waals surface area contributed by atoms with E-state index in [2.05, 4.69) is 39.8 Å². The second kappa shape index (κ2) is 75.0. The quantitative estimate of drug-likeness (QED) is 0.0169.